The molecule has 0 aromatic heterocycles. The fraction of sp³-hybridized carbons (Fsp3) is 0.417. The number of carbonyl (C=O) groups is 1. The Morgan fingerprint density at radius 1 is 0.750 bits per heavy atom. The Labute approximate surface area is 248 Å². The number of carbonyl (C=O) groups excluding carboxylic acids is 1. The Hall–Kier alpha value is -2.82. The normalized spacial score (nSPS) is 11.3. The summed E-state index contributed by atoms with van der Waals surface area (Å²) in [7, 11) is 3.63. The van der Waals surface area contributed by atoms with Gasteiger partial charge >= 0.3 is 0 Å². The van der Waals surface area contributed by atoms with Gasteiger partial charge in [-0.25, -0.2) is 0 Å². The van der Waals surface area contributed by atoms with Crippen molar-refractivity contribution in [3.8, 4) is 11.1 Å². The van der Waals surface area contributed by atoms with Gasteiger partial charge in [0.2, 0.25) is 5.91 Å². The van der Waals surface area contributed by atoms with E-state index >= 15 is 0 Å². The van der Waals surface area contributed by atoms with Gasteiger partial charge in [-0.05, 0) is 66.4 Å². The van der Waals surface area contributed by atoms with Gasteiger partial charge in [-0.1, -0.05) is 124 Å². The summed E-state index contributed by atoms with van der Waals surface area (Å²) in [6.45, 7) is 5.51. The molecule has 0 radical (unpaired) electrons. The van der Waals surface area contributed by atoms with Crippen LogP contribution in [0.15, 0.2) is 84.4 Å². The molecule has 3 aromatic carbocycles. The van der Waals surface area contributed by atoms with Gasteiger partial charge in [-0.2, -0.15) is 0 Å². The van der Waals surface area contributed by atoms with Crippen LogP contribution in [-0.4, -0.2) is 26.3 Å². The minimum absolute atomic E-state index is 0.0520. The molecule has 0 aliphatic rings. The molecular weight excluding hydrogens is 508 g/mol. The van der Waals surface area contributed by atoms with E-state index in [4.69, 9.17) is 0 Å². The van der Waals surface area contributed by atoms with Gasteiger partial charge in [-0.15, -0.1) is 11.8 Å². The van der Waals surface area contributed by atoms with Crippen LogP contribution in [0.4, 0.5) is 0 Å². The highest BCUT2D eigenvalue weighted by Crippen LogP contribution is 2.35. The number of hydrogen-bond donors (Lipinski definition) is 2. The van der Waals surface area contributed by atoms with E-state index in [0.29, 0.717) is 6.42 Å². The minimum Gasteiger partial charge on any atom is -0.359 e. The number of thioether (sulfide) groups is 1. The monoisotopic (exact) mass is 558 g/mol. The molecule has 1 amide bonds. The van der Waals surface area contributed by atoms with E-state index < -0.39 is 0 Å². The van der Waals surface area contributed by atoms with E-state index in [9.17, 15) is 4.79 Å². The Morgan fingerprint density at radius 3 is 2.08 bits per heavy atom. The lowest BCUT2D eigenvalue weighted by molar-refractivity contribution is -0.119. The lowest BCUT2D eigenvalue weighted by Gasteiger charge is -2.14. The van der Waals surface area contributed by atoms with Gasteiger partial charge in [-0.3, -0.25) is 4.79 Å². The average Bonchev–Trinajstić information content (AvgIpc) is 3.00. The van der Waals surface area contributed by atoms with Crippen LogP contribution in [0.1, 0.15) is 81.9 Å². The number of nitrogens with one attached hydrogen (secondary N) is 2. The topological polar surface area (TPSA) is 41.1 Å². The van der Waals surface area contributed by atoms with Crippen LogP contribution in [0.25, 0.3) is 16.0 Å². The van der Waals surface area contributed by atoms with E-state index in [0.717, 1.165) is 18.5 Å². The Balaban J connectivity index is 0.000000425. The van der Waals surface area contributed by atoms with Gasteiger partial charge in [0.1, 0.15) is 0 Å². The molecule has 0 saturated carbocycles. The van der Waals surface area contributed by atoms with Gasteiger partial charge in [0.15, 0.2) is 0 Å². The van der Waals surface area contributed by atoms with Crippen molar-refractivity contribution in [1.82, 2.24) is 10.6 Å². The molecular formula is C36H50N2OS. The Bertz CT molecular complexity index is 1140. The van der Waals surface area contributed by atoms with Crippen LogP contribution in [0.5, 0.6) is 0 Å². The SMILES string of the molecule is CCCCCCCC/C(CC)=C(/SC)c1cccc(-c2ccc(CNC)cc2)c1.CNC(=O)Cc1ccccc1. The molecule has 40 heavy (non-hydrogen) atoms. The van der Waals surface area contributed by atoms with E-state index in [1.54, 1.807) is 12.6 Å². The highest BCUT2D eigenvalue weighted by atomic mass is 32.2. The maximum Gasteiger partial charge on any atom is 0.224 e. The summed E-state index contributed by atoms with van der Waals surface area (Å²) in [5.41, 5.74) is 7.96. The number of likely N-dealkylation sites (N-methyl/N-ethyl adjacent to an activating group) is 1. The number of amides is 1. The fourth-order valence-electron chi connectivity index (χ4n) is 4.76. The minimum atomic E-state index is 0.0520. The summed E-state index contributed by atoms with van der Waals surface area (Å²) in [6.07, 6.45) is 13.3. The van der Waals surface area contributed by atoms with Crippen molar-refractivity contribution >= 4 is 22.6 Å². The second kappa shape index (κ2) is 20.1. The van der Waals surface area contributed by atoms with Crippen LogP contribution >= 0.6 is 11.8 Å². The zero-order valence-corrected chi connectivity index (χ0v) is 26.2. The molecule has 3 rings (SSSR count). The predicted molar refractivity (Wildman–Crippen MR) is 178 cm³/mol. The molecule has 0 aliphatic carbocycles. The van der Waals surface area contributed by atoms with Crippen molar-refractivity contribution in [2.24, 2.45) is 0 Å². The number of unbranched alkanes of at least 4 members (excludes halogenated alkanes) is 5. The average molecular weight is 559 g/mol. The third-order valence-corrected chi connectivity index (χ3v) is 8.00. The van der Waals surface area contributed by atoms with Crippen LogP contribution in [0.3, 0.4) is 0 Å². The molecule has 2 N–H and O–H groups in total. The summed E-state index contributed by atoms with van der Waals surface area (Å²) < 4.78 is 0. The van der Waals surface area contributed by atoms with Gasteiger partial charge in [0, 0.05) is 18.5 Å². The molecule has 0 spiro atoms. The molecule has 0 saturated heterocycles. The zero-order chi connectivity index (χ0) is 29.0. The van der Waals surface area contributed by atoms with Crippen molar-refractivity contribution in [2.75, 3.05) is 20.4 Å². The van der Waals surface area contributed by atoms with Gasteiger partial charge in [0.05, 0.1) is 6.42 Å². The zero-order valence-electron chi connectivity index (χ0n) is 25.4. The third-order valence-electron chi connectivity index (χ3n) is 7.06. The van der Waals surface area contributed by atoms with Gasteiger partial charge in [0.25, 0.3) is 0 Å². The van der Waals surface area contributed by atoms with Gasteiger partial charge < -0.3 is 10.6 Å². The van der Waals surface area contributed by atoms with Crippen molar-refractivity contribution in [2.45, 2.75) is 78.2 Å². The van der Waals surface area contributed by atoms with Crippen molar-refractivity contribution in [3.63, 3.8) is 0 Å². The van der Waals surface area contributed by atoms with E-state index in [1.165, 1.54) is 72.1 Å². The van der Waals surface area contributed by atoms with Crippen LogP contribution in [-0.2, 0) is 17.8 Å². The Morgan fingerprint density at radius 2 is 1.45 bits per heavy atom. The lowest BCUT2D eigenvalue weighted by atomic mass is 9.98. The quantitative estimate of drug-likeness (QED) is 0.183. The largest absolute Gasteiger partial charge is 0.359 e. The molecule has 0 fully saturated rings. The van der Waals surface area contributed by atoms with Crippen LogP contribution in [0, 0.1) is 0 Å². The first-order chi connectivity index (χ1) is 19.6. The lowest BCUT2D eigenvalue weighted by Crippen LogP contribution is -2.19. The molecule has 3 aromatic rings. The second-order valence-corrected chi connectivity index (χ2v) is 11.0. The van der Waals surface area contributed by atoms with E-state index in [2.05, 4.69) is 79.3 Å². The molecule has 0 bridgehead atoms. The molecule has 4 heteroatoms. The summed E-state index contributed by atoms with van der Waals surface area (Å²) in [4.78, 5) is 12.4. The van der Waals surface area contributed by atoms with Crippen molar-refractivity contribution < 1.29 is 4.79 Å². The molecule has 0 aliphatic heterocycles. The number of benzene rings is 3. The Kier molecular flexibility index (Phi) is 16.8. The molecule has 0 atom stereocenters. The number of allylic oxidation sites excluding steroid dienone is 1. The van der Waals surface area contributed by atoms with Crippen molar-refractivity contribution in [3.05, 3.63) is 101 Å². The molecule has 0 unspecified atom stereocenters. The maximum atomic E-state index is 10.9. The molecule has 0 heterocycles. The van der Waals surface area contributed by atoms with Crippen molar-refractivity contribution in [1.29, 1.82) is 0 Å². The molecule has 216 valence electrons. The van der Waals surface area contributed by atoms with Crippen LogP contribution < -0.4 is 10.6 Å². The molecule has 3 nitrogen and oxygen atoms in total. The van der Waals surface area contributed by atoms with E-state index in [1.807, 2.05) is 49.1 Å². The summed E-state index contributed by atoms with van der Waals surface area (Å²) >= 11 is 1.91. The smallest absolute Gasteiger partial charge is 0.224 e. The summed E-state index contributed by atoms with van der Waals surface area (Å²) in [5, 5.41) is 5.79. The van der Waals surface area contributed by atoms with Crippen LogP contribution in [0.2, 0.25) is 0 Å². The summed E-state index contributed by atoms with van der Waals surface area (Å²) in [5.74, 6) is 0.0520. The van der Waals surface area contributed by atoms with E-state index in [-0.39, 0.29) is 5.91 Å². The third kappa shape index (κ3) is 12.1. The summed E-state index contributed by atoms with van der Waals surface area (Å²) in [6, 6.07) is 27.7. The first-order valence-electron chi connectivity index (χ1n) is 14.9. The first-order valence-corrected chi connectivity index (χ1v) is 16.1. The highest BCUT2D eigenvalue weighted by Gasteiger charge is 2.09. The number of hydrogen-bond acceptors (Lipinski definition) is 3. The second-order valence-electron chi connectivity index (χ2n) is 10.2. The maximum absolute atomic E-state index is 10.9. The fourth-order valence-corrected chi connectivity index (χ4v) is 5.66. The number of rotatable bonds is 15. The first kappa shape index (κ1) is 33.4. The standard InChI is InChI=1S/C27H39NS.C9H11NO/c1-5-7-8-9-10-11-13-23(6-2)27(29-4)26-15-12-14-25(20-26)24-18-16-22(17-19-24)21-28-3;1-10-9(11)7-8-5-3-2-4-6-8/h12,14-20,28H,5-11,13,21H2,1-4H3;2-6H,7H2,1H3,(H,10,11)/b27-23+;. The predicted octanol–water partition coefficient (Wildman–Crippen LogP) is 9.28. The highest BCUT2D eigenvalue weighted by molar-refractivity contribution is 8.07.